The van der Waals surface area contributed by atoms with Gasteiger partial charge in [0.1, 0.15) is 5.78 Å². The summed E-state index contributed by atoms with van der Waals surface area (Å²) < 4.78 is 0. The Bertz CT molecular complexity index is 333. The van der Waals surface area contributed by atoms with E-state index in [2.05, 4.69) is 29.2 Å². The molecule has 0 spiro atoms. The number of ketones is 1. The van der Waals surface area contributed by atoms with Crippen molar-refractivity contribution < 1.29 is 4.79 Å². The van der Waals surface area contributed by atoms with E-state index in [1.54, 1.807) is 6.92 Å². The predicted octanol–water partition coefficient (Wildman–Crippen LogP) is 0.288. The molecule has 0 aliphatic carbocycles. The van der Waals surface area contributed by atoms with Crippen molar-refractivity contribution >= 4 is 5.78 Å². The molecule has 4 nitrogen and oxygen atoms in total. The lowest BCUT2D eigenvalue weighted by Crippen LogP contribution is -2.50. The van der Waals surface area contributed by atoms with Crippen molar-refractivity contribution in [1.29, 1.82) is 0 Å². The highest BCUT2D eigenvalue weighted by molar-refractivity contribution is 5.81. The normalized spacial score (nSPS) is 46.9. The standard InChI is InChI=1S/C13H23N3O/c1-8(17)11-7-9-12-10(5-4-6-15(12)2)14-13(9)16(11)3/h9-14H,4-7H2,1-3H3. The fourth-order valence-electron chi connectivity index (χ4n) is 4.28. The third-order valence-corrected chi connectivity index (χ3v) is 5.07. The van der Waals surface area contributed by atoms with Crippen molar-refractivity contribution in [1.82, 2.24) is 15.1 Å². The molecule has 3 heterocycles. The zero-order valence-corrected chi connectivity index (χ0v) is 11.0. The van der Waals surface area contributed by atoms with Crippen molar-refractivity contribution in [2.75, 3.05) is 20.6 Å². The first-order chi connectivity index (χ1) is 8.09. The first kappa shape index (κ1) is 11.6. The molecule has 3 aliphatic rings. The number of Topliss-reactive ketones (excluding diaryl/α,β-unsaturated/α-hetero) is 1. The van der Waals surface area contributed by atoms with Crippen LogP contribution in [0.25, 0.3) is 0 Å². The van der Waals surface area contributed by atoms with Crippen LogP contribution in [0.1, 0.15) is 26.2 Å². The predicted molar refractivity (Wildman–Crippen MR) is 66.7 cm³/mol. The Hall–Kier alpha value is -0.450. The van der Waals surface area contributed by atoms with Gasteiger partial charge in [0.25, 0.3) is 0 Å². The first-order valence-electron chi connectivity index (χ1n) is 6.78. The molecule has 0 amide bonds. The van der Waals surface area contributed by atoms with Gasteiger partial charge in [0.2, 0.25) is 0 Å². The van der Waals surface area contributed by atoms with Crippen LogP contribution in [0.2, 0.25) is 0 Å². The molecule has 3 saturated heterocycles. The SMILES string of the molecule is CC(=O)C1CC2C3C(CCCN3C)NC2N1C. The number of hydrogen-bond acceptors (Lipinski definition) is 4. The quantitative estimate of drug-likeness (QED) is 0.711. The second kappa shape index (κ2) is 4.04. The lowest BCUT2D eigenvalue weighted by atomic mass is 9.88. The largest absolute Gasteiger partial charge is 0.301 e. The van der Waals surface area contributed by atoms with Crippen LogP contribution in [-0.4, -0.2) is 60.5 Å². The van der Waals surface area contributed by atoms with Crippen molar-refractivity contribution in [2.45, 2.75) is 50.5 Å². The Balaban J connectivity index is 1.82. The minimum Gasteiger partial charge on any atom is -0.301 e. The van der Waals surface area contributed by atoms with Crippen molar-refractivity contribution in [3.05, 3.63) is 0 Å². The average Bonchev–Trinajstić information content (AvgIpc) is 2.77. The van der Waals surface area contributed by atoms with Gasteiger partial charge in [-0.05, 0) is 46.8 Å². The van der Waals surface area contributed by atoms with Crippen LogP contribution in [0, 0.1) is 5.92 Å². The van der Waals surface area contributed by atoms with E-state index >= 15 is 0 Å². The number of nitrogens with zero attached hydrogens (tertiary/aromatic N) is 2. The van der Waals surface area contributed by atoms with Crippen LogP contribution in [-0.2, 0) is 4.79 Å². The summed E-state index contributed by atoms with van der Waals surface area (Å²) in [4.78, 5) is 16.4. The van der Waals surface area contributed by atoms with E-state index in [0.717, 1.165) is 6.42 Å². The lowest BCUT2D eigenvalue weighted by Gasteiger charge is -2.37. The fraction of sp³-hybridized carbons (Fsp3) is 0.923. The maximum Gasteiger partial charge on any atom is 0.146 e. The topological polar surface area (TPSA) is 35.6 Å². The van der Waals surface area contributed by atoms with E-state index in [4.69, 9.17) is 0 Å². The second-order valence-corrected chi connectivity index (χ2v) is 6.02. The summed E-state index contributed by atoms with van der Waals surface area (Å²) in [7, 11) is 4.34. The summed E-state index contributed by atoms with van der Waals surface area (Å²) in [6.45, 7) is 2.94. The second-order valence-electron chi connectivity index (χ2n) is 6.02. The van der Waals surface area contributed by atoms with Crippen LogP contribution in [0.3, 0.4) is 0 Å². The van der Waals surface area contributed by atoms with Gasteiger partial charge in [-0.1, -0.05) is 0 Å². The maximum absolute atomic E-state index is 11.6. The monoisotopic (exact) mass is 237 g/mol. The summed E-state index contributed by atoms with van der Waals surface area (Å²) in [6.07, 6.45) is 4.04. The van der Waals surface area contributed by atoms with E-state index in [9.17, 15) is 4.79 Å². The van der Waals surface area contributed by atoms with E-state index in [0.29, 0.717) is 30.0 Å². The number of likely N-dealkylation sites (tertiary alicyclic amines) is 2. The highest BCUT2D eigenvalue weighted by atomic mass is 16.1. The number of nitrogens with one attached hydrogen (secondary N) is 1. The average molecular weight is 237 g/mol. The maximum atomic E-state index is 11.6. The molecule has 5 atom stereocenters. The van der Waals surface area contributed by atoms with Crippen LogP contribution < -0.4 is 5.32 Å². The Kier molecular flexibility index (Phi) is 2.76. The number of hydrogen-bond donors (Lipinski definition) is 1. The highest BCUT2D eigenvalue weighted by Crippen LogP contribution is 2.40. The van der Waals surface area contributed by atoms with Gasteiger partial charge < -0.3 is 4.90 Å². The molecule has 0 saturated carbocycles. The minimum absolute atomic E-state index is 0.133. The van der Waals surface area contributed by atoms with Crippen LogP contribution in [0.5, 0.6) is 0 Å². The summed E-state index contributed by atoms with van der Waals surface area (Å²) in [6, 6.07) is 1.41. The molecular weight excluding hydrogens is 214 g/mol. The van der Waals surface area contributed by atoms with Crippen LogP contribution in [0.4, 0.5) is 0 Å². The summed E-state index contributed by atoms with van der Waals surface area (Å²) in [5.41, 5.74) is 0. The molecule has 0 aromatic carbocycles. The van der Waals surface area contributed by atoms with Gasteiger partial charge in [0.05, 0.1) is 12.2 Å². The molecule has 0 bridgehead atoms. The summed E-state index contributed by atoms with van der Waals surface area (Å²) >= 11 is 0. The van der Waals surface area contributed by atoms with Gasteiger partial charge in [-0.25, -0.2) is 0 Å². The zero-order chi connectivity index (χ0) is 12.2. The third-order valence-electron chi connectivity index (χ3n) is 5.07. The van der Waals surface area contributed by atoms with Crippen LogP contribution >= 0.6 is 0 Å². The van der Waals surface area contributed by atoms with E-state index in [1.165, 1.54) is 19.4 Å². The Labute approximate surface area is 103 Å². The molecule has 17 heavy (non-hydrogen) atoms. The molecule has 0 radical (unpaired) electrons. The van der Waals surface area contributed by atoms with Gasteiger partial charge >= 0.3 is 0 Å². The van der Waals surface area contributed by atoms with Crippen LogP contribution in [0.15, 0.2) is 0 Å². The molecular formula is C13H23N3O. The van der Waals surface area contributed by atoms with Crippen molar-refractivity contribution in [2.24, 2.45) is 5.92 Å². The van der Waals surface area contributed by atoms with Crippen molar-refractivity contribution in [3.8, 4) is 0 Å². The minimum atomic E-state index is 0.133. The molecule has 0 aromatic heterocycles. The Morgan fingerprint density at radius 3 is 2.82 bits per heavy atom. The first-order valence-corrected chi connectivity index (χ1v) is 6.78. The van der Waals surface area contributed by atoms with E-state index in [1.807, 2.05) is 0 Å². The number of fused-ring (bicyclic) bond motifs is 3. The van der Waals surface area contributed by atoms with Gasteiger partial charge in [0, 0.05) is 18.0 Å². The number of likely N-dealkylation sites (N-methyl/N-ethyl adjacent to an activating group) is 2. The molecule has 3 rings (SSSR count). The van der Waals surface area contributed by atoms with Crippen molar-refractivity contribution in [3.63, 3.8) is 0 Å². The summed E-state index contributed by atoms with van der Waals surface area (Å²) in [5.74, 6) is 0.947. The van der Waals surface area contributed by atoms with Gasteiger partial charge in [-0.3, -0.25) is 15.0 Å². The third kappa shape index (κ3) is 1.65. The molecule has 1 N–H and O–H groups in total. The number of piperidine rings is 1. The van der Waals surface area contributed by atoms with E-state index < -0.39 is 0 Å². The molecule has 5 unspecified atom stereocenters. The lowest BCUT2D eigenvalue weighted by molar-refractivity contribution is -0.121. The number of rotatable bonds is 1. The van der Waals surface area contributed by atoms with Gasteiger partial charge in [-0.15, -0.1) is 0 Å². The zero-order valence-electron chi connectivity index (χ0n) is 11.0. The fourth-order valence-corrected chi connectivity index (χ4v) is 4.28. The van der Waals surface area contributed by atoms with E-state index in [-0.39, 0.29) is 6.04 Å². The molecule has 4 heteroatoms. The molecule has 3 fully saturated rings. The van der Waals surface area contributed by atoms with Gasteiger partial charge in [0.15, 0.2) is 0 Å². The summed E-state index contributed by atoms with van der Waals surface area (Å²) in [5, 5.41) is 3.75. The number of carbonyl (C=O) groups is 1. The van der Waals surface area contributed by atoms with Gasteiger partial charge in [-0.2, -0.15) is 0 Å². The molecule has 3 aliphatic heterocycles. The highest BCUT2D eigenvalue weighted by Gasteiger charge is 2.53. The smallest absolute Gasteiger partial charge is 0.146 e. The molecule has 96 valence electrons. The molecule has 0 aromatic rings. The number of carbonyl (C=O) groups excluding carboxylic acids is 1. The Morgan fingerprint density at radius 2 is 2.12 bits per heavy atom. The Morgan fingerprint density at radius 1 is 1.35 bits per heavy atom.